The summed E-state index contributed by atoms with van der Waals surface area (Å²) in [6.07, 6.45) is 8.50. The maximum absolute atomic E-state index is 3.53. The molecule has 0 radical (unpaired) electrons. The molecular formula is C13H26N2. The smallest absolute Gasteiger partial charge is 0.00927 e. The van der Waals surface area contributed by atoms with E-state index in [2.05, 4.69) is 17.1 Å². The summed E-state index contributed by atoms with van der Waals surface area (Å²) in [6, 6.07) is 0.890. The molecule has 2 atom stereocenters. The zero-order chi connectivity index (χ0) is 10.5. The number of nitrogens with zero attached hydrogens (tertiary/aromatic N) is 1. The van der Waals surface area contributed by atoms with Crippen LogP contribution in [0, 0.1) is 5.92 Å². The summed E-state index contributed by atoms with van der Waals surface area (Å²) < 4.78 is 0. The van der Waals surface area contributed by atoms with Crippen LogP contribution in [-0.2, 0) is 0 Å². The largest absolute Gasteiger partial charge is 0.316 e. The van der Waals surface area contributed by atoms with Gasteiger partial charge in [0, 0.05) is 12.6 Å². The van der Waals surface area contributed by atoms with Crippen LogP contribution in [-0.4, -0.2) is 37.1 Å². The van der Waals surface area contributed by atoms with Crippen LogP contribution in [0.25, 0.3) is 0 Å². The van der Waals surface area contributed by atoms with Crippen LogP contribution in [0.1, 0.15) is 45.4 Å². The Morgan fingerprint density at radius 1 is 1.20 bits per heavy atom. The van der Waals surface area contributed by atoms with E-state index in [-0.39, 0.29) is 0 Å². The molecule has 0 amide bonds. The molecule has 2 rings (SSSR count). The number of likely N-dealkylation sites (tertiary alicyclic amines) is 1. The minimum Gasteiger partial charge on any atom is -0.316 e. The molecule has 2 heteroatoms. The molecule has 0 aliphatic carbocycles. The third-order valence-electron chi connectivity index (χ3n) is 4.11. The number of nitrogens with one attached hydrogen (secondary N) is 1. The lowest BCUT2D eigenvalue weighted by molar-refractivity contribution is 0.114. The fraction of sp³-hybridized carbons (Fsp3) is 1.00. The van der Waals surface area contributed by atoms with Crippen molar-refractivity contribution in [1.29, 1.82) is 0 Å². The van der Waals surface area contributed by atoms with E-state index in [1.54, 1.807) is 0 Å². The van der Waals surface area contributed by atoms with Crippen molar-refractivity contribution in [3.63, 3.8) is 0 Å². The quantitative estimate of drug-likeness (QED) is 0.768. The van der Waals surface area contributed by atoms with Crippen molar-refractivity contribution in [3.8, 4) is 0 Å². The maximum Gasteiger partial charge on any atom is 0.00927 e. The van der Waals surface area contributed by atoms with Crippen molar-refractivity contribution in [2.24, 2.45) is 5.92 Å². The fourth-order valence-electron chi connectivity index (χ4n) is 3.17. The lowest BCUT2D eigenvalue weighted by atomic mass is 9.94. The zero-order valence-corrected chi connectivity index (χ0v) is 10.2. The van der Waals surface area contributed by atoms with E-state index < -0.39 is 0 Å². The molecule has 0 aromatic rings. The second kappa shape index (κ2) is 5.86. The first-order valence-electron chi connectivity index (χ1n) is 6.85. The van der Waals surface area contributed by atoms with Gasteiger partial charge in [0.15, 0.2) is 0 Å². The number of hydrogen-bond acceptors (Lipinski definition) is 2. The summed E-state index contributed by atoms with van der Waals surface area (Å²) in [5, 5.41) is 3.53. The molecule has 15 heavy (non-hydrogen) atoms. The molecule has 2 heterocycles. The van der Waals surface area contributed by atoms with Gasteiger partial charge < -0.3 is 10.2 Å². The van der Waals surface area contributed by atoms with Crippen molar-refractivity contribution in [3.05, 3.63) is 0 Å². The highest BCUT2D eigenvalue weighted by atomic mass is 15.2. The Hall–Kier alpha value is -0.0800. The summed E-state index contributed by atoms with van der Waals surface area (Å²) >= 11 is 0. The van der Waals surface area contributed by atoms with Crippen LogP contribution < -0.4 is 5.32 Å². The van der Waals surface area contributed by atoms with Crippen molar-refractivity contribution in [2.75, 3.05) is 26.2 Å². The third kappa shape index (κ3) is 3.18. The Labute approximate surface area is 94.4 Å². The molecule has 2 fully saturated rings. The summed E-state index contributed by atoms with van der Waals surface area (Å²) in [6.45, 7) is 7.56. The first-order valence-corrected chi connectivity index (χ1v) is 6.85. The Morgan fingerprint density at radius 3 is 2.87 bits per heavy atom. The van der Waals surface area contributed by atoms with Gasteiger partial charge in [0.05, 0.1) is 0 Å². The van der Waals surface area contributed by atoms with Gasteiger partial charge in [-0.25, -0.2) is 0 Å². The molecule has 0 aromatic carbocycles. The van der Waals surface area contributed by atoms with Gasteiger partial charge in [-0.2, -0.15) is 0 Å². The average molecular weight is 210 g/mol. The van der Waals surface area contributed by atoms with E-state index in [1.165, 1.54) is 64.7 Å². The number of rotatable bonds is 3. The van der Waals surface area contributed by atoms with Crippen LogP contribution in [0.3, 0.4) is 0 Å². The van der Waals surface area contributed by atoms with Crippen LogP contribution in [0.2, 0.25) is 0 Å². The standard InChI is InChI=1S/C13H26N2/c1-2-13-7-3-4-9-15(13)11-12-6-5-8-14-10-12/h12-14H,2-11H2,1H3/t12-,13+/m1/s1. The Morgan fingerprint density at radius 2 is 2.13 bits per heavy atom. The van der Waals surface area contributed by atoms with E-state index in [0.29, 0.717) is 0 Å². The number of hydrogen-bond donors (Lipinski definition) is 1. The average Bonchev–Trinajstić information content (AvgIpc) is 2.31. The highest BCUT2D eigenvalue weighted by molar-refractivity contribution is 4.80. The predicted molar refractivity (Wildman–Crippen MR) is 65.1 cm³/mol. The van der Waals surface area contributed by atoms with Crippen molar-refractivity contribution >= 4 is 0 Å². The predicted octanol–water partition coefficient (Wildman–Crippen LogP) is 2.25. The van der Waals surface area contributed by atoms with Gasteiger partial charge in [-0.15, -0.1) is 0 Å². The molecule has 2 aliphatic rings. The molecule has 88 valence electrons. The molecule has 0 spiro atoms. The van der Waals surface area contributed by atoms with Gasteiger partial charge in [0.2, 0.25) is 0 Å². The number of piperidine rings is 2. The monoisotopic (exact) mass is 210 g/mol. The van der Waals surface area contributed by atoms with Gasteiger partial charge in [-0.05, 0) is 57.7 Å². The molecule has 2 nitrogen and oxygen atoms in total. The zero-order valence-electron chi connectivity index (χ0n) is 10.2. The second-order valence-electron chi connectivity index (χ2n) is 5.27. The van der Waals surface area contributed by atoms with E-state index in [1.807, 2.05) is 0 Å². The summed E-state index contributed by atoms with van der Waals surface area (Å²) in [7, 11) is 0. The minimum absolute atomic E-state index is 0.890. The van der Waals surface area contributed by atoms with Crippen LogP contribution in [0.15, 0.2) is 0 Å². The molecule has 2 saturated heterocycles. The fourth-order valence-corrected chi connectivity index (χ4v) is 3.17. The first kappa shape index (κ1) is 11.4. The van der Waals surface area contributed by atoms with Crippen molar-refractivity contribution < 1.29 is 0 Å². The molecule has 1 N–H and O–H groups in total. The molecule has 0 aromatic heterocycles. The first-order chi connectivity index (χ1) is 7.40. The van der Waals surface area contributed by atoms with E-state index >= 15 is 0 Å². The summed E-state index contributed by atoms with van der Waals surface area (Å²) in [5.41, 5.74) is 0. The maximum atomic E-state index is 3.53. The normalized spacial score (nSPS) is 34.2. The molecule has 0 bridgehead atoms. The van der Waals surface area contributed by atoms with Gasteiger partial charge in [-0.3, -0.25) is 0 Å². The van der Waals surface area contributed by atoms with Crippen LogP contribution >= 0.6 is 0 Å². The third-order valence-corrected chi connectivity index (χ3v) is 4.11. The summed E-state index contributed by atoms with van der Waals surface area (Å²) in [4.78, 5) is 2.77. The van der Waals surface area contributed by atoms with E-state index in [0.717, 1.165) is 12.0 Å². The topological polar surface area (TPSA) is 15.3 Å². The van der Waals surface area contributed by atoms with E-state index in [9.17, 15) is 0 Å². The van der Waals surface area contributed by atoms with Gasteiger partial charge in [0.25, 0.3) is 0 Å². The minimum atomic E-state index is 0.890. The Bertz CT molecular complexity index is 175. The molecular weight excluding hydrogens is 184 g/mol. The second-order valence-corrected chi connectivity index (χ2v) is 5.27. The molecule has 0 saturated carbocycles. The highest BCUT2D eigenvalue weighted by Crippen LogP contribution is 2.22. The van der Waals surface area contributed by atoms with Crippen LogP contribution in [0.4, 0.5) is 0 Å². The van der Waals surface area contributed by atoms with Gasteiger partial charge in [-0.1, -0.05) is 13.3 Å². The van der Waals surface area contributed by atoms with Crippen molar-refractivity contribution in [2.45, 2.75) is 51.5 Å². The Balaban J connectivity index is 1.79. The van der Waals surface area contributed by atoms with E-state index in [4.69, 9.17) is 0 Å². The summed E-state index contributed by atoms with van der Waals surface area (Å²) in [5.74, 6) is 0.922. The van der Waals surface area contributed by atoms with Crippen LogP contribution in [0.5, 0.6) is 0 Å². The van der Waals surface area contributed by atoms with Gasteiger partial charge in [0.1, 0.15) is 0 Å². The van der Waals surface area contributed by atoms with Crippen molar-refractivity contribution in [1.82, 2.24) is 10.2 Å². The molecule has 2 aliphatic heterocycles. The lowest BCUT2D eigenvalue weighted by Crippen LogP contribution is -2.45. The molecule has 0 unspecified atom stereocenters. The highest BCUT2D eigenvalue weighted by Gasteiger charge is 2.24. The Kier molecular flexibility index (Phi) is 4.45. The SMILES string of the molecule is CC[C@H]1CCCCN1C[C@@H]1CCCNC1. The van der Waals surface area contributed by atoms with Gasteiger partial charge >= 0.3 is 0 Å². The lowest BCUT2D eigenvalue weighted by Gasteiger charge is -2.38.